The predicted octanol–water partition coefficient (Wildman–Crippen LogP) is 4.23. The van der Waals surface area contributed by atoms with E-state index < -0.39 is 15.1 Å². The number of thiazole rings is 1. The second-order valence-electron chi connectivity index (χ2n) is 8.61. The average Bonchev–Trinajstić information content (AvgIpc) is 3.15. The molecule has 0 radical (unpaired) electrons. The quantitative estimate of drug-likeness (QED) is 0.490. The summed E-state index contributed by atoms with van der Waals surface area (Å²) in [5, 5.41) is 0.210. The maximum Gasteiger partial charge on any atom is 0.233 e. The zero-order valence-corrected chi connectivity index (χ0v) is 21.2. The Morgan fingerprint density at radius 1 is 1.03 bits per heavy atom. The van der Waals surface area contributed by atoms with E-state index in [0.29, 0.717) is 18.2 Å². The van der Waals surface area contributed by atoms with Gasteiger partial charge < -0.3 is 4.90 Å². The molecule has 0 aliphatic rings. The SMILES string of the molecule is Cc1ccc2sc(N(CCN(C)C)C(=O)Cc3ccc(S(=O)(=O)C(C)C)cc3)nc2c1C. The summed E-state index contributed by atoms with van der Waals surface area (Å²) in [6, 6.07) is 10.8. The third-order valence-corrected chi connectivity index (χ3v) is 8.82. The Morgan fingerprint density at radius 2 is 1.69 bits per heavy atom. The summed E-state index contributed by atoms with van der Waals surface area (Å²) in [6.07, 6.45) is 0.184. The van der Waals surface area contributed by atoms with Crippen molar-refractivity contribution in [2.75, 3.05) is 32.1 Å². The van der Waals surface area contributed by atoms with Crippen LogP contribution in [0.25, 0.3) is 10.2 Å². The standard InChI is InChI=1S/C24H31N3O3S2/c1-16(2)32(29,30)20-10-8-19(9-11-20)15-22(28)27(14-13-26(5)6)24-25-23-18(4)17(3)7-12-21(23)31-24/h7-12,16H,13-15H2,1-6H3. The van der Waals surface area contributed by atoms with E-state index in [1.54, 1.807) is 43.0 Å². The van der Waals surface area contributed by atoms with E-state index in [1.165, 1.54) is 16.9 Å². The van der Waals surface area contributed by atoms with Crippen molar-refractivity contribution in [1.82, 2.24) is 9.88 Å². The van der Waals surface area contributed by atoms with Gasteiger partial charge in [0.25, 0.3) is 0 Å². The summed E-state index contributed by atoms with van der Waals surface area (Å²) >= 11 is 1.52. The highest BCUT2D eigenvalue weighted by molar-refractivity contribution is 7.92. The van der Waals surface area contributed by atoms with Crippen LogP contribution >= 0.6 is 11.3 Å². The van der Waals surface area contributed by atoms with Crippen molar-refractivity contribution < 1.29 is 13.2 Å². The molecule has 0 saturated heterocycles. The van der Waals surface area contributed by atoms with Gasteiger partial charge in [-0.25, -0.2) is 13.4 Å². The van der Waals surface area contributed by atoms with Crippen molar-refractivity contribution in [2.45, 2.75) is 44.3 Å². The van der Waals surface area contributed by atoms with E-state index in [9.17, 15) is 13.2 Å². The van der Waals surface area contributed by atoms with Crippen LogP contribution in [0.1, 0.15) is 30.5 Å². The van der Waals surface area contributed by atoms with Crippen LogP contribution in [-0.2, 0) is 21.1 Å². The molecule has 3 aromatic rings. The first-order valence-electron chi connectivity index (χ1n) is 10.7. The minimum Gasteiger partial charge on any atom is -0.308 e. The van der Waals surface area contributed by atoms with Crippen LogP contribution in [0.15, 0.2) is 41.3 Å². The first-order chi connectivity index (χ1) is 15.0. The zero-order chi connectivity index (χ0) is 23.6. The molecule has 2 aromatic carbocycles. The number of anilines is 1. The summed E-state index contributed by atoms with van der Waals surface area (Å²) < 4.78 is 25.8. The maximum atomic E-state index is 13.3. The number of sulfone groups is 1. The van der Waals surface area contributed by atoms with Gasteiger partial charge in [0.2, 0.25) is 5.91 Å². The third-order valence-electron chi connectivity index (χ3n) is 5.60. The maximum absolute atomic E-state index is 13.3. The van der Waals surface area contributed by atoms with Gasteiger partial charge in [-0.05, 0) is 76.7 Å². The number of nitrogens with zero attached hydrogens (tertiary/aromatic N) is 3. The van der Waals surface area contributed by atoms with Gasteiger partial charge in [0.05, 0.1) is 26.8 Å². The monoisotopic (exact) mass is 473 g/mol. The minimum atomic E-state index is -3.33. The second kappa shape index (κ2) is 9.68. The normalized spacial score (nSPS) is 12.1. The molecular weight excluding hydrogens is 442 g/mol. The van der Waals surface area contributed by atoms with Gasteiger partial charge >= 0.3 is 0 Å². The Hall–Kier alpha value is -2.29. The minimum absolute atomic E-state index is 0.0558. The molecule has 0 fully saturated rings. The van der Waals surface area contributed by atoms with E-state index >= 15 is 0 Å². The summed E-state index contributed by atoms with van der Waals surface area (Å²) in [4.78, 5) is 22.2. The molecule has 1 heterocycles. The van der Waals surface area contributed by atoms with Crippen molar-refractivity contribution in [3.63, 3.8) is 0 Å². The van der Waals surface area contributed by atoms with Crippen LogP contribution in [0.4, 0.5) is 5.13 Å². The van der Waals surface area contributed by atoms with Crippen molar-refractivity contribution in [3.05, 3.63) is 53.1 Å². The number of benzene rings is 2. The summed E-state index contributed by atoms with van der Waals surface area (Å²) in [5.41, 5.74) is 4.03. The molecule has 0 saturated carbocycles. The number of aromatic nitrogens is 1. The molecule has 0 unspecified atom stereocenters. The van der Waals surface area contributed by atoms with E-state index in [1.807, 2.05) is 19.0 Å². The van der Waals surface area contributed by atoms with Crippen LogP contribution in [0.3, 0.4) is 0 Å². The molecule has 0 atom stereocenters. The number of likely N-dealkylation sites (N-methyl/N-ethyl adjacent to an activating group) is 1. The van der Waals surface area contributed by atoms with Gasteiger partial charge in [0, 0.05) is 13.1 Å². The first kappa shape index (κ1) is 24.4. The van der Waals surface area contributed by atoms with Crippen LogP contribution in [0, 0.1) is 13.8 Å². The van der Waals surface area contributed by atoms with Crippen LogP contribution in [0.2, 0.25) is 0 Å². The Balaban J connectivity index is 1.88. The topological polar surface area (TPSA) is 70.6 Å². The molecule has 0 aliphatic heterocycles. The predicted molar refractivity (Wildman–Crippen MR) is 132 cm³/mol. The lowest BCUT2D eigenvalue weighted by atomic mass is 10.1. The van der Waals surface area contributed by atoms with Gasteiger partial charge in [0.1, 0.15) is 0 Å². The molecule has 3 rings (SSSR count). The smallest absolute Gasteiger partial charge is 0.233 e. The molecule has 0 N–H and O–H groups in total. The van der Waals surface area contributed by atoms with Crippen molar-refractivity contribution in [1.29, 1.82) is 0 Å². The summed E-state index contributed by atoms with van der Waals surface area (Å²) in [5.74, 6) is -0.0558. The van der Waals surface area contributed by atoms with Gasteiger partial charge in [-0.3, -0.25) is 9.69 Å². The average molecular weight is 474 g/mol. The Morgan fingerprint density at radius 3 is 2.28 bits per heavy atom. The molecule has 6 nitrogen and oxygen atoms in total. The lowest BCUT2D eigenvalue weighted by Gasteiger charge is -2.22. The lowest BCUT2D eigenvalue weighted by Crippen LogP contribution is -2.37. The van der Waals surface area contributed by atoms with Crippen molar-refractivity contribution in [2.24, 2.45) is 0 Å². The molecule has 8 heteroatoms. The highest BCUT2D eigenvalue weighted by Gasteiger charge is 2.22. The lowest BCUT2D eigenvalue weighted by molar-refractivity contribution is -0.118. The fourth-order valence-electron chi connectivity index (χ4n) is 3.30. The Kier molecular flexibility index (Phi) is 7.37. The number of hydrogen-bond donors (Lipinski definition) is 0. The Bertz CT molecular complexity index is 1210. The Labute approximate surface area is 194 Å². The number of rotatable bonds is 8. The van der Waals surface area contributed by atoms with Crippen molar-refractivity contribution >= 4 is 42.4 Å². The molecular formula is C24H31N3O3S2. The van der Waals surface area contributed by atoms with Gasteiger partial charge in [-0.2, -0.15) is 0 Å². The van der Waals surface area contributed by atoms with E-state index in [-0.39, 0.29) is 17.2 Å². The second-order valence-corrected chi connectivity index (χ2v) is 12.1. The molecule has 172 valence electrons. The number of carbonyl (C=O) groups is 1. The molecule has 1 aromatic heterocycles. The highest BCUT2D eigenvalue weighted by atomic mass is 32.2. The van der Waals surface area contributed by atoms with Crippen LogP contribution < -0.4 is 4.90 Å². The zero-order valence-electron chi connectivity index (χ0n) is 19.5. The van der Waals surface area contributed by atoms with Crippen LogP contribution in [-0.4, -0.2) is 56.6 Å². The number of amides is 1. The number of hydrogen-bond acceptors (Lipinski definition) is 6. The molecule has 0 aliphatic carbocycles. The van der Waals surface area contributed by atoms with Crippen LogP contribution in [0.5, 0.6) is 0 Å². The molecule has 32 heavy (non-hydrogen) atoms. The van der Waals surface area contributed by atoms with E-state index in [4.69, 9.17) is 4.98 Å². The summed E-state index contributed by atoms with van der Waals surface area (Å²) in [6.45, 7) is 8.69. The third kappa shape index (κ3) is 5.19. The molecule has 0 spiro atoms. The van der Waals surface area contributed by atoms with E-state index in [2.05, 4.69) is 26.0 Å². The van der Waals surface area contributed by atoms with Crippen molar-refractivity contribution in [3.8, 4) is 0 Å². The highest BCUT2D eigenvalue weighted by Crippen LogP contribution is 2.32. The number of carbonyl (C=O) groups excluding carboxylic acids is 1. The van der Waals surface area contributed by atoms with Gasteiger partial charge in [0.15, 0.2) is 15.0 Å². The number of aryl methyl sites for hydroxylation is 2. The summed E-state index contributed by atoms with van der Waals surface area (Å²) in [7, 11) is 0.618. The van der Waals surface area contributed by atoms with E-state index in [0.717, 1.165) is 21.3 Å². The first-order valence-corrected chi connectivity index (χ1v) is 13.0. The fraction of sp³-hybridized carbons (Fsp3) is 0.417. The fourth-order valence-corrected chi connectivity index (χ4v) is 5.42. The molecule has 0 bridgehead atoms. The van der Waals surface area contributed by atoms with Gasteiger partial charge in [-0.1, -0.05) is 29.5 Å². The largest absolute Gasteiger partial charge is 0.308 e. The number of fused-ring (bicyclic) bond motifs is 1. The molecule has 1 amide bonds. The van der Waals surface area contributed by atoms with Gasteiger partial charge in [-0.15, -0.1) is 0 Å².